The van der Waals surface area contributed by atoms with Gasteiger partial charge in [0.1, 0.15) is 9.84 Å². The lowest BCUT2D eigenvalue weighted by Crippen LogP contribution is -2.49. The van der Waals surface area contributed by atoms with Gasteiger partial charge in [0, 0.05) is 18.3 Å². The van der Waals surface area contributed by atoms with Crippen LogP contribution in [0.15, 0.2) is 0 Å². The first-order chi connectivity index (χ1) is 7.19. The molecule has 2 saturated heterocycles. The van der Waals surface area contributed by atoms with Crippen molar-refractivity contribution in [3.63, 3.8) is 0 Å². The van der Waals surface area contributed by atoms with Crippen LogP contribution in [0.4, 0.5) is 0 Å². The Morgan fingerprint density at radius 2 is 1.38 bits per heavy atom. The molecule has 2 aliphatic rings. The van der Waals surface area contributed by atoms with Crippen LogP contribution in [0.5, 0.6) is 0 Å². The fraction of sp³-hybridized carbons (Fsp3) is 1.00. The Balaban J connectivity index is 2.26. The Bertz CT molecular complexity index is 468. The van der Waals surface area contributed by atoms with E-state index >= 15 is 0 Å². The average Bonchev–Trinajstić information content (AvgIpc) is 2.35. The van der Waals surface area contributed by atoms with Crippen LogP contribution in [0.2, 0.25) is 0 Å². The van der Waals surface area contributed by atoms with E-state index in [-0.39, 0.29) is 17.3 Å². The standard InChI is InChI=1S/C9H17NO4S2/c1-15(11,12)9-5-7-3-4-8(6-9)10(7)16(2,13)14/h7-9H,3-6H2,1-2H3. The molecule has 0 saturated carbocycles. The first-order valence-corrected chi connectivity index (χ1v) is 9.17. The number of piperidine rings is 1. The summed E-state index contributed by atoms with van der Waals surface area (Å²) >= 11 is 0. The van der Waals surface area contributed by atoms with Gasteiger partial charge in [0.25, 0.3) is 0 Å². The van der Waals surface area contributed by atoms with Crippen molar-refractivity contribution >= 4 is 19.9 Å². The molecular formula is C9H17NO4S2. The van der Waals surface area contributed by atoms with Gasteiger partial charge in [-0.15, -0.1) is 0 Å². The van der Waals surface area contributed by atoms with Gasteiger partial charge < -0.3 is 0 Å². The summed E-state index contributed by atoms with van der Waals surface area (Å²) in [5, 5.41) is -0.358. The smallest absolute Gasteiger partial charge is 0.211 e. The van der Waals surface area contributed by atoms with E-state index in [0.29, 0.717) is 12.8 Å². The Morgan fingerprint density at radius 3 is 1.69 bits per heavy atom. The first kappa shape index (κ1) is 12.3. The normalized spacial score (nSPS) is 36.5. The fourth-order valence-corrected chi connectivity index (χ4v) is 5.58. The lowest BCUT2D eigenvalue weighted by atomic mass is 10.1. The molecule has 2 unspecified atom stereocenters. The maximum absolute atomic E-state index is 11.6. The summed E-state index contributed by atoms with van der Waals surface area (Å²) in [6, 6.07) is -0.207. The Kier molecular flexibility index (Phi) is 2.83. The summed E-state index contributed by atoms with van der Waals surface area (Å²) in [7, 11) is -6.23. The van der Waals surface area contributed by atoms with E-state index in [0.717, 1.165) is 12.8 Å². The summed E-state index contributed by atoms with van der Waals surface area (Å²) in [6.45, 7) is 0. The molecule has 2 bridgehead atoms. The minimum Gasteiger partial charge on any atom is -0.229 e. The molecule has 0 amide bonds. The van der Waals surface area contributed by atoms with Crippen LogP contribution in [-0.4, -0.2) is 51.0 Å². The summed E-state index contributed by atoms with van der Waals surface area (Å²) in [5.74, 6) is 0. The number of rotatable bonds is 2. The van der Waals surface area contributed by atoms with Gasteiger partial charge in [-0.3, -0.25) is 0 Å². The zero-order chi connectivity index (χ0) is 12.1. The number of hydrogen-bond acceptors (Lipinski definition) is 4. The van der Waals surface area contributed by atoms with Gasteiger partial charge in [-0.05, 0) is 25.7 Å². The van der Waals surface area contributed by atoms with E-state index in [9.17, 15) is 16.8 Å². The number of sulfone groups is 1. The molecule has 2 heterocycles. The van der Waals surface area contributed by atoms with Crippen LogP contribution < -0.4 is 0 Å². The predicted molar refractivity (Wildman–Crippen MR) is 61.4 cm³/mol. The van der Waals surface area contributed by atoms with Crippen molar-refractivity contribution in [3.8, 4) is 0 Å². The molecule has 2 atom stereocenters. The lowest BCUT2D eigenvalue weighted by molar-refractivity contribution is 0.251. The van der Waals surface area contributed by atoms with Gasteiger partial charge in [-0.1, -0.05) is 0 Å². The van der Waals surface area contributed by atoms with Crippen LogP contribution in [0.1, 0.15) is 25.7 Å². The number of fused-ring (bicyclic) bond motifs is 2. The largest absolute Gasteiger partial charge is 0.229 e. The van der Waals surface area contributed by atoms with Gasteiger partial charge in [0.05, 0.1) is 11.5 Å². The zero-order valence-corrected chi connectivity index (χ0v) is 11.1. The van der Waals surface area contributed by atoms with Crippen LogP contribution >= 0.6 is 0 Å². The molecule has 2 fully saturated rings. The molecule has 7 heteroatoms. The van der Waals surface area contributed by atoms with Crippen molar-refractivity contribution in [1.82, 2.24) is 4.31 Å². The second-order valence-corrected chi connectivity index (χ2v) is 9.11. The van der Waals surface area contributed by atoms with Crippen molar-refractivity contribution in [1.29, 1.82) is 0 Å². The molecule has 0 radical (unpaired) electrons. The van der Waals surface area contributed by atoms with E-state index in [1.165, 1.54) is 16.8 Å². The topological polar surface area (TPSA) is 71.5 Å². The summed E-state index contributed by atoms with van der Waals surface area (Å²) in [4.78, 5) is 0. The third kappa shape index (κ3) is 2.12. The molecule has 0 aromatic heterocycles. The highest BCUT2D eigenvalue weighted by molar-refractivity contribution is 7.91. The third-order valence-electron chi connectivity index (χ3n) is 3.61. The summed E-state index contributed by atoms with van der Waals surface area (Å²) < 4.78 is 47.7. The summed E-state index contributed by atoms with van der Waals surface area (Å²) in [6.07, 6.45) is 4.96. The molecular weight excluding hydrogens is 250 g/mol. The first-order valence-electron chi connectivity index (χ1n) is 5.37. The van der Waals surface area contributed by atoms with Crippen molar-refractivity contribution in [3.05, 3.63) is 0 Å². The highest BCUT2D eigenvalue weighted by Gasteiger charge is 2.47. The van der Waals surface area contributed by atoms with Gasteiger partial charge in [0.2, 0.25) is 10.0 Å². The number of nitrogens with zero attached hydrogens (tertiary/aromatic N) is 1. The van der Waals surface area contributed by atoms with E-state index in [2.05, 4.69) is 0 Å². The predicted octanol–water partition coefficient (Wildman–Crippen LogP) is -0.0140. The van der Waals surface area contributed by atoms with Crippen LogP contribution in [0.25, 0.3) is 0 Å². The highest BCUT2D eigenvalue weighted by Crippen LogP contribution is 2.39. The lowest BCUT2D eigenvalue weighted by Gasteiger charge is -2.36. The van der Waals surface area contributed by atoms with Crippen LogP contribution in [0, 0.1) is 0 Å². The average molecular weight is 267 g/mol. The monoisotopic (exact) mass is 267 g/mol. The SMILES string of the molecule is CS(=O)(=O)C1CC2CCC(C1)N2S(C)(=O)=O. The Hall–Kier alpha value is -0.140. The van der Waals surface area contributed by atoms with Gasteiger partial charge in [-0.25, -0.2) is 16.8 Å². The molecule has 0 aliphatic carbocycles. The second kappa shape index (κ2) is 3.68. The highest BCUT2D eigenvalue weighted by atomic mass is 32.2. The van der Waals surface area contributed by atoms with Crippen LogP contribution in [-0.2, 0) is 19.9 Å². The molecule has 5 nitrogen and oxygen atoms in total. The van der Waals surface area contributed by atoms with E-state index in [4.69, 9.17) is 0 Å². The van der Waals surface area contributed by atoms with Gasteiger partial charge in [-0.2, -0.15) is 4.31 Å². The maximum atomic E-state index is 11.6. The zero-order valence-electron chi connectivity index (χ0n) is 9.46. The molecule has 16 heavy (non-hydrogen) atoms. The van der Waals surface area contributed by atoms with Gasteiger partial charge >= 0.3 is 0 Å². The molecule has 0 N–H and O–H groups in total. The van der Waals surface area contributed by atoms with Crippen molar-refractivity contribution in [2.75, 3.05) is 12.5 Å². The third-order valence-corrected chi connectivity index (χ3v) is 6.57. The minimum atomic E-state index is -3.19. The minimum absolute atomic E-state index is 0.103. The molecule has 0 aromatic carbocycles. The molecule has 0 aromatic rings. The summed E-state index contributed by atoms with van der Waals surface area (Å²) in [5.41, 5.74) is 0. The van der Waals surface area contributed by atoms with E-state index in [1.54, 1.807) is 0 Å². The quantitative estimate of drug-likeness (QED) is 0.705. The van der Waals surface area contributed by atoms with E-state index in [1.807, 2.05) is 0 Å². The Labute approximate surface area is 96.8 Å². The van der Waals surface area contributed by atoms with Crippen molar-refractivity contribution in [2.45, 2.75) is 43.0 Å². The van der Waals surface area contributed by atoms with Crippen LogP contribution in [0.3, 0.4) is 0 Å². The molecule has 94 valence electrons. The number of hydrogen-bond donors (Lipinski definition) is 0. The van der Waals surface area contributed by atoms with Crippen molar-refractivity contribution in [2.24, 2.45) is 0 Å². The molecule has 2 rings (SSSR count). The van der Waals surface area contributed by atoms with Crippen molar-refractivity contribution < 1.29 is 16.8 Å². The molecule has 2 aliphatic heterocycles. The fourth-order valence-electron chi connectivity index (χ4n) is 2.98. The Morgan fingerprint density at radius 1 is 0.938 bits per heavy atom. The van der Waals surface area contributed by atoms with Gasteiger partial charge in [0.15, 0.2) is 0 Å². The second-order valence-electron chi connectivity index (χ2n) is 4.90. The maximum Gasteiger partial charge on any atom is 0.211 e. The molecule has 0 spiro atoms. The number of sulfonamides is 1. The van der Waals surface area contributed by atoms with E-state index < -0.39 is 19.9 Å².